The lowest BCUT2D eigenvalue weighted by Crippen LogP contribution is -2.26. The topological polar surface area (TPSA) is 109 Å². The van der Waals surface area contributed by atoms with Crippen LogP contribution in [0.25, 0.3) is 0 Å². The molecule has 2 aromatic carbocycles. The normalized spacial score (nSPS) is 12.5. The zero-order valence-corrected chi connectivity index (χ0v) is 16.6. The molecule has 0 aliphatic rings. The lowest BCUT2D eigenvalue weighted by atomic mass is 10.1. The smallest absolute Gasteiger partial charge is 0.335 e. The van der Waals surface area contributed by atoms with E-state index in [0.717, 1.165) is 0 Å². The van der Waals surface area contributed by atoms with E-state index in [9.17, 15) is 15.0 Å². The minimum Gasteiger partial charge on any atom is -0.491 e. The molecule has 0 aliphatic heterocycles. The van der Waals surface area contributed by atoms with Gasteiger partial charge in [0.05, 0.1) is 12.2 Å². The number of nitrogens with zero attached hydrogens (tertiary/aromatic N) is 1. The van der Waals surface area contributed by atoms with E-state index in [2.05, 4.69) is 0 Å². The van der Waals surface area contributed by atoms with Crippen molar-refractivity contribution >= 4 is 17.6 Å². The molecule has 0 heterocycles. The molecule has 29 heavy (non-hydrogen) atoms. The van der Waals surface area contributed by atoms with Gasteiger partial charge in [-0.25, -0.2) is 4.79 Å². The maximum Gasteiger partial charge on any atom is 0.335 e. The molecule has 2 aromatic rings. The van der Waals surface area contributed by atoms with Gasteiger partial charge in [-0.15, -0.1) is 0 Å². The van der Waals surface area contributed by atoms with Crippen molar-refractivity contribution in [2.75, 3.05) is 19.8 Å². The Bertz CT molecular complexity index is 866. The largest absolute Gasteiger partial charge is 0.491 e. The highest BCUT2D eigenvalue weighted by Crippen LogP contribution is 2.22. The summed E-state index contributed by atoms with van der Waals surface area (Å²) in [5.74, 6) is 0.123. The Morgan fingerprint density at radius 1 is 1.17 bits per heavy atom. The molecule has 0 unspecified atom stereocenters. The van der Waals surface area contributed by atoms with E-state index in [-0.39, 0.29) is 31.8 Å². The SMILES string of the molecule is CCOC(=O)[C@@H](O)Cc1cccc(OC[C@@H](O)COc2ccc(Cl)cc2C#N)c1. The molecule has 0 amide bonds. The Kier molecular flexibility index (Phi) is 8.74. The molecule has 0 aromatic heterocycles. The lowest BCUT2D eigenvalue weighted by molar-refractivity contribution is -0.152. The van der Waals surface area contributed by atoms with E-state index in [1.165, 1.54) is 6.07 Å². The highest BCUT2D eigenvalue weighted by Gasteiger charge is 2.17. The number of benzene rings is 2. The van der Waals surface area contributed by atoms with Gasteiger partial charge in [-0.1, -0.05) is 23.7 Å². The molecule has 0 bridgehead atoms. The van der Waals surface area contributed by atoms with Crippen LogP contribution in [0.4, 0.5) is 0 Å². The van der Waals surface area contributed by atoms with E-state index < -0.39 is 18.2 Å². The third-order valence-corrected chi connectivity index (χ3v) is 4.06. The van der Waals surface area contributed by atoms with E-state index in [1.54, 1.807) is 43.3 Å². The van der Waals surface area contributed by atoms with E-state index in [1.807, 2.05) is 6.07 Å². The van der Waals surface area contributed by atoms with Crippen LogP contribution in [0.2, 0.25) is 5.02 Å². The lowest BCUT2D eigenvalue weighted by Gasteiger charge is -2.15. The summed E-state index contributed by atoms with van der Waals surface area (Å²) in [5, 5.41) is 29.4. The zero-order valence-electron chi connectivity index (χ0n) is 15.9. The second-order valence-corrected chi connectivity index (χ2v) is 6.58. The van der Waals surface area contributed by atoms with E-state index in [4.69, 9.17) is 31.1 Å². The summed E-state index contributed by atoms with van der Waals surface area (Å²) in [6, 6.07) is 13.5. The van der Waals surface area contributed by atoms with Crippen LogP contribution in [-0.4, -0.2) is 48.2 Å². The Hall–Kier alpha value is -2.79. The number of esters is 1. The van der Waals surface area contributed by atoms with Crippen LogP contribution in [0, 0.1) is 11.3 Å². The van der Waals surface area contributed by atoms with Crippen molar-refractivity contribution in [3.05, 3.63) is 58.6 Å². The maximum absolute atomic E-state index is 11.5. The molecule has 0 saturated carbocycles. The summed E-state index contributed by atoms with van der Waals surface area (Å²) < 4.78 is 15.8. The second-order valence-electron chi connectivity index (χ2n) is 6.15. The molecule has 8 heteroatoms. The van der Waals surface area contributed by atoms with Gasteiger partial charge in [0.15, 0.2) is 6.10 Å². The van der Waals surface area contributed by atoms with Crippen LogP contribution >= 0.6 is 11.6 Å². The summed E-state index contributed by atoms with van der Waals surface area (Å²) in [6.45, 7) is 1.75. The predicted molar refractivity (Wildman–Crippen MR) is 106 cm³/mol. The zero-order chi connectivity index (χ0) is 21.2. The van der Waals surface area contributed by atoms with Crippen LogP contribution in [-0.2, 0) is 16.0 Å². The van der Waals surface area contributed by atoms with Crippen LogP contribution in [0.1, 0.15) is 18.1 Å². The van der Waals surface area contributed by atoms with Gasteiger partial charge in [0.25, 0.3) is 0 Å². The number of hydrogen-bond acceptors (Lipinski definition) is 7. The highest BCUT2D eigenvalue weighted by molar-refractivity contribution is 6.30. The first-order chi connectivity index (χ1) is 13.9. The quantitative estimate of drug-likeness (QED) is 0.569. The molecule has 2 N–H and O–H groups in total. The molecule has 0 radical (unpaired) electrons. The third-order valence-electron chi connectivity index (χ3n) is 3.82. The molecule has 0 spiro atoms. The van der Waals surface area contributed by atoms with Crippen LogP contribution in [0.15, 0.2) is 42.5 Å². The Morgan fingerprint density at radius 2 is 1.93 bits per heavy atom. The van der Waals surface area contributed by atoms with E-state index >= 15 is 0 Å². The number of carbonyl (C=O) groups excluding carboxylic acids is 1. The number of halogens is 1. The van der Waals surface area contributed by atoms with Gasteiger partial charge in [-0.05, 0) is 42.8 Å². The Labute approximate surface area is 174 Å². The Morgan fingerprint density at radius 3 is 2.66 bits per heavy atom. The number of aliphatic hydroxyl groups is 2. The summed E-state index contributed by atoms with van der Waals surface area (Å²) in [6.07, 6.45) is -2.10. The second kappa shape index (κ2) is 11.3. The summed E-state index contributed by atoms with van der Waals surface area (Å²) >= 11 is 5.84. The van der Waals surface area contributed by atoms with Crippen LogP contribution in [0.3, 0.4) is 0 Å². The van der Waals surface area contributed by atoms with Gasteiger partial charge in [0.2, 0.25) is 0 Å². The molecule has 2 rings (SSSR count). The third kappa shape index (κ3) is 7.27. The molecule has 0 saturated heterocycles. The van der Waals surface area contributed by atoms with Crippen LogP contribution < -0.4 is 9.47 Å². The minimum atomic E-state index is -1.25. The van der Waals surface area contributed by atoms with Crippen LogP contribution in [0.5, 0.6) is 11.5 Å². The molecule has 0 fully saturated rings. The van der Waals surface area contributed by atoms with Crippen molar-refractivity contribution in [2.45, 2.75) is 25.6 Å². The first kappa shape index (κ1) is 22.5. The first-order valence-electron chi connectivity index (χ1n) is 8.99. The maximum atomic E-state index is 11.5. The number of aliphatic hydroxyl groups excluding tert-OH is 2. The van der Waals surface area contributed by atoms with Gasteiger partial charge in [0, 0.05) is 11.4 Å². The van der Waals surface area contributed by atoms with Crippen molar-refractivity contribution in [3.63, 3.8) is 0 Å². The number of ether oxygens (including phenoxy) is 3. The molecular formula is C21H22ClNO6. The van der Waals surface area contributed by atoms with Crippen molar-refractivity contribution in [1.82, 2.24) is 0 Å². The molecule has 7 nitrogen and oxygen atoms in total. The molecule has 0 aliphatic carbocycles. The fourth-order valence-corrected chi connectivity index (χ4v) is 2.62. The minimum absolute atomic E-state index is 0.0423. The highest BCUT2D eigenvalue weighted by atomic mass is 35.5. The molecular weight excluding hydrogens is 398 g/mol. The monoisotopic (exact) mass is 419 g/mol. The molecule has 2 atom stereocenters. The summed E-state index contributed by atoms with van der Waals surface area (Å²) in [4.78, 5) is 11.5. The van der Waals surface area contributed by atoms with Crippen molar-refractivity contribution in [1.29, 1.82) is 5.26 Å². The van der Waals surface area contributed by atoms with Crippen molar-refractivity contribution in [2.24, 2.45) is 0 Å². The van der Waals surface area contributed by atoms with Gasteiger partial charge < -0.3 is 24.4 Å². The fourth-order valence-electron chi connectivity index (χ4n) is 2.45. The average Bonchev–Trinajstić information content (AvgIpc) is 2.71. The first-order valence-corrected chi connectivity index (χ1v) is 9.37. The van der Waals surface area contributed by atoms with Gasteiger partial charge in [-0.2, -0.15) is 5.26 Å². The average molecular weight is 420 g/mol. The van der Waals surface area contributed by atoms with E-state index in [0.29, 0.717) is 22.1 Å². The van der Waals surface area contributed by atoms with Gasteiger partial charge >= 0.3 is 5.97 Å². The standard InChI is InChI=1S/C21H22ClNO6/c1-2-27-21(26)19(25)9-14-4-3-5-18(8-14)28-12-17(24)13-29-20-7-6-16(22)10-15(20)11-23/h3-8,10,17,19,24-25H,2,9,12-13H2,1H3/t17-,19+/m1/s1. The summed E-state index contributed by atoms with van der Waals surface area (Å²) in [7, 11) is 0. The Balaban J connectivity index is 1.85. The fraction of sp³-hybridized carbons (Fsp3) is 0.333. The van der Waals surface area contributed by atoms with Gasteiger partial charge in [0.1, 0.15) is 36.9 Å². The van der Waals surface area contributed by atoms with Crippen molar-refractivity contribution in [3.8, 4) is 17.6 Å². The van der Waals surface area contributed by atoms with Gasteiger partial charge in [-0.3, -0.25) is 0 Å². The molecule has 154 valence electrons. The number of rotatable bonds is 10. The van der Waals surface area contributed by atoms with Crippen molar-refractivity contribution < 1.29 is 29.2 Å². The number of nitriles is 1. The predicted octanol–water partition coefficient (Wildman–Crippen LogP) is 2.50. The summed E-state index contributed by atoms with van der Waals surface area (Å²) in [5.41, 5.74) is 0.965. The number of hydrogen-bond donors (Lipinski definition) is 2. The number of carbonyl (C=O) groups is 1.